The first-order valence-corrected chi connectivity index (χ1v) is 5.87. The van der Waals surface area contributed by atoms with Crippen LogP contribution in [0.3, 0.4) is 0 Å². The van der Waals surface area contributed by atoms with Gasteiger partial charge in [0.2, 0.25) is 5.91 Å². The molecule has 4 nitrogen and oxygen atoms in total. The molecular formula is C13H18N2O2. The number of nitrogens with one attached hydrogen (secondary N) is 2. The molecule has 2 rings (SSSR count). The summed E-state index contributed by atoms with van der Waals surface area (Å²) in [5.74, 6) is 0.807. The number of methoxy groups -OCH3 is 1. The predicted molar refractivity (Wildman–Crippen MR) is 67.4 cm³/mol. The highest BCUT2D eigenvalue weighted by Gasteiger charge is 2.21. The van der Waals surface area contributed by atoms with Crippen LogP contribution >= 0.6 is 0 Å². The largest absolute Gasteiger partial charge is 0.497 e. The van der Waals surface area contributed by atoms with Gasteiger partial charge in [-0.15, -0.1) is 0 Å². The van der Waals surface area contributed by atoms with Gasteiger partial charge in [0.05, 0.1) is 13.7 Å². The van der Waals surface area contributed by atoms with E-state index in [4.69, 9.17) is 4.74 Å². The van der Waals surface area contributed by atoms with Crippen LogP contribution in [0.25, 0.3) is 0 Å². The maximum atomic E-state index is 11.6. The van der Waals surface area contributed by atoms with Crippen LogP contribution in [0, 0.1) is 6.92 Å². The number of hydrogen-bond acceptors (Lipinski definition) is 3. The maximum Gasteiger partial charge on any atom is 0.238 e. The molecule has 0 radical (unpaired) electrons. The predicted octanol–water partition coefficient (Wildman–Crippen LogP) is 1.69. The smallest absolute Gasteiger partial charge is 0.238 e. The summed E-state index contributed by atoms with van der Waals surface area (Å²) in [6.45, 7) is 2.34. The molecule has 0 unspecified atom stereocenters. The summed E-state index contributed by atoms with van der Waals surface area (Å²) in [6, 6.07) is 6.17. The van der Waals surface area contributed by atoms with Gasteiger partial charge in [-0.05, 0) is 43.5 Å². The van der Waals surface area contributed by atoms with Gasteiger partial charge in [-0.2, -0.15) is 0 Å². The first kappa shape index (κ1) is 11.9. The van der Waals surface area contributed by atoms with Crippen molar-refractivity contribution in [2.45, 2.75) is 25.8 Å². The van der Waals surface area contributed by atoms with Crippen molar-refractivity contribution in [1.29, 1.82) is 0 Å². The summed E-state index contributed by atoms with van der Waals surface area (Å²) in [4.78, 5) is 11.6. The van der Waals surface area contributed by atoms with Gasteiger partial charge < -0.3 is 15.4 Å². The molecule has 4 heteroatoms. The average molecular weight is 234 g/mol. The fourth-order valence-electron chi connectivity index (χ4n) is 1.62. The lowest BCUT2D eigenvalue weighted by molar-refractivity contribution is -0.115. The average Bonchev–Trinajstić information content (AvgIpc) is 3.13. The summed E-state index contributed by atoms with van der Waals surface area (Å²) in [5, 5.41) is 6.07. The Morgan fingerprint density at radius 1 is 1.47 bits per heavy atom. The zero-order valence-corrected chi connectivity index (χ0v) is 10.2. The maximum absolute atomic E-state index is 11.6. The molecule has 1 aromatic rings. The van der Waals surface area contributed by atoms with Crippen LogP contribution in [0.2, 0.25) is 0 Å². The molecule has 1 aliphatic rings. The van der Waals surface area contributed by atoms with Crippen LogP contribution in [-0.4, -0.2) is 25.6 Å². The van der Waals surface area contributed by atoms with Crippen molar-refractivity contribution in [1.82, 2.24) is 5.32 Å². The second kappa shape index (κ2) is 5.19. The van der Waals surface area contributed by atoms with E-state index < -0.39 is 0 Å². The Bertz CT molecular complexity index is 414. The van der Waals surface area contributed by atoms with E-state index in [1.54, 1.807) is 7.11 Å². The van der Waals surface area contributed by atoms with Gasteiger partial charge in [0.25, 0.3) is 0 Å². The van der Waals surface area contributed by atoms with Crippen LogP contribution in [-0.2, 0) is 4.79 Å². The van der Waals surface area contributed by atoms with Gasteiger partial charge in [-0.25, -0.2) is 0 Å². The van der Waals surface area contributed by atoms with E-state index in [0.29, 0.717) is 12.6 Å². The van der Waals surface area contributed by atoms with Gasteiger partial charge in [0, 0.05) is 11.7 Å². The summed E-state index contributed by atoms with van der Waals surface area (Å²) in [5.41, 5.74) is 1.84. The van der Waals surface area contributed by atoms with Crippen LogP contribution in [0.1, 0.15) is 18.4 Å². The van der Waals surface area contributed by atoms with E-state index in [-0.39, 0.29) is 5.91 Å². The molecule has 0 aromatic heterocycles. The van der Waals surface area contributed by atoms with Gasteiger partial charge >= 0.3 is 0 Å². The number of aryl methyl sites for hydroxylation is 1. The lowest BCUT2D eigenvalue weighted by Crippen LogP contribution is -2.29. The van der Waals surface area contributed by atoms with E-state index >= 15 is 0 Å². The molecule has 0 atom stereocenters. The molecule has 92 valence electrons. The normalized spacial score (nSPS) is 14.5. The minimum Gasteiger partial charge on any atom is -0.497 e. The molecule has 1 aliphatic carbocycles. The van der Waals surface area contributed by atoms with E-state index in [2.05, 4.69) is 10.6 Å². The van der Waals surface area contributed by atoms with E-state index in [1.807, 2.05) is 25.1 Å². The third-order valence-corrected chi connectivity index (χ3v) is 2.84. The minimum atomic E-state index is 0.00478. The first-order valence-electron chi connectivity index (χ1n) is 5.87. The van der Waals surface area contributed by atoms with Crippen molar-refractivity contribution >= 4 is 11.6 Å². The van der Waals surface area contributed by atoms with Crippen LogP contribution in [0.15, 0.2) is 18.2 Å². The van der Waals surface area contributed by atoms with Crippen molar-refractivity contribution < 1.29 is 9.53 Å². The van der Waals surface area contributed by atoms with Gasteiger partial charge in [0.1, 0.15) is 5.75 Å². The first-order chi connectivity index (χ1) is 8.19. The van der Waals surface area contributed by atoms with Gasteiger partial charge in [-0.1, -0.05) is 0 Å². The lowest BCUT2D eigenvalue weighted by atomic mass is 10.2. The Morgan fingerprint density at radius 2 is 2.24 bits per heavy atom. The van der Waals surface area contributed by atoms with Gasteiger partial charge in [0.15, 0.2) is 0 Å². The summed E-state index contributed by atoms with van der Waals surface area (Å²) >= 11 is 0. The number of ether oxygens (including phenoxy) is 1. The van der Waals surface area contributed by atoms with Crippen molar-refractivity contribution in [2.75, 3.05) is 19.0 Å². The van der Waals surface area contributed by atoms with Crippen molar-refractivity contribution in [2.24, 2.45) is 0 Å². The number of amides is 1. The molecule has 1 saturated carbocycles. The molecule has 0 spiro atoms. The Hall–Kier alpha value is -1.55. The molecule has 17 heavy (non-hydrogen) atoms. The number of carbonyl (C=O) groups is 1. The molecule has 1 aromatic carbocycles. The highest BCUT2D eigenvalue weighted by molar-refractivity contribution is 5.93. The van der Waals surface area contributed by atoms with Crippen molar-refractivity contribution in [3.05, 3.63) is 23.8 Å². The van der Waals surface area contributed by atoms with Crippen molar-refractivity contribution in [3.8, 4) is 5.75 Å². The van der Waals surface area contributed by atoms with Gasteiger partial charge in [-0.3, -0.25) is 4.79 Å². The van der Waals surface area contributed by atoms with Crippen LogP contribution in [0.4, 0.5) is 5.69 Å². The summed E-state index contributed by atoms with van der Waals surface area (Å²) < 4.78 is 5.12. The third kappa shape index (κ3) is 3.46. The lowest BCUT2D eigenvalue weighted by Gasteiger charge is -2.10. The third-order valence-electron chi connectivity index (χ3n) is 2.84. The highest BCUT2D eigenvalue weighted by Crippen LogP contribution is 2.21. The fraction of sp³-hybridized carbons (Fsp3) is 0.462. The number of anilines is 1. The second-order valence-electron chi connectivity index (χ2n) is 4.38. The molecular weight excluding hydrogens is 216 g/mol. The van der Waals surface area contributed by atoms with E-state index in [1.165, 1.54) is 12.8 Å². The molecule has 2 N–H and O–H groups in total. The molecule has 0 bridgehead atoms. The topological polar surface area (TPSA) is 50.4 Å². The Kier molecular flexibility index (Phi) is 3.64. The molecule has 0 heterocycles. The Balaban J connectivity index is 1.90. The summed E-state index contributed by atoms with van der Waals surface area (Å²) in [7, 11) is 1.63. The number of hydrogen-bond donors (Lipinski definition) is 2. The number of benzene rings is 1. The second-order valence-corrected chi connectivity index (χ2v) is 4.38. The van der Waals surface area contributed by atoms with E-state index in [9.17, 15) is 4.79 Å². The summed E-state index contributed by atoms with van der Waals surface area (Å²) in [6.07, 6.45) is 2.38. The Morgan fingerprint density at radius 3 is 2.82 bits per heavy atom. The van der Waals surface area contributed by atoms with Crippen LogP contribution in [0.5, 0.6) is 5.75 Å². The standard InChI is InChI=1S/C13H18N2O2/c1-9-7-11(17-2)5-6-12(9)15-13(16)8-14-10-3-4-10/h5-7,10,14H,3-4,8H2,1-2H3,(H,15,16). The molecule has 0 aliphatic heterocycles. The Labute approximate surface area is 101 Å². The number of rotatable bonds is 5. The van der Waals surface area contributed by atoms with Crippen LogP contribution < -0.4 is 15.4 Å². The minimum absolute atomic E-state index is 0.00478. The number of carbonyl (C=O) groups excluding carboxylic acids is 1. The zero-order chi connectivity index (χ0) is 12.3. The SMILES string of the molecule is COc1ccc(NC(=O)CNC2CC2)c(C)c1. The van der Waals surface area contributed by atoms with E-state index in [0.717, 1.165) is 17.0 Å². The fourth-order valence-corrected chi connectivity index (χ4v) is 1.62. The quantitative estimate of drug-likeness (QED) is 0.815. The molecule has 1 fully saturated rings. The van der Waals surface area contributed by atoms with Crippen molar-refractivity contribution in [3.63, 3.8) is 0 Å². The molecule has 1 amide bonds. The zero-order valence-electron chi connectivity index (χ0n) is 10.2. The molecule has 0 saturated heterocycles. The highest BCUT2D eigenvalue weighted by atomic mass is 16.5. The monoisotopic (exact) mass is 234 g/mol.